The second kappa shape index (κ2) is 8.30. The van der Waals surface area contributed by atoms with Crippen LogP contribution in [0.25, 0.3) is 10.2 Å². The number of rotatable bonds is 5. The zero-order valence-electron chi connectivity index (χ0n) is 15.5. The quantitative estimate of drug-likeness (QED) is 0.653. The third-order valence-corrected chi connectivity index (χ3v) is 6.43. The van der Waals surface area contributed by atoms with Crippen molar-refractivity contribution in [2.24, 2.45) is 4.99 Å². The maximum atomic E-state index is 13.7. The van der Waals surface area contributed by atoms with Gasteiger partial charge in [0.25, 0.3) is 0 Å². The van der Waals surface area contributed by atoms with E-state index in [-0.39, 0.29) is 18.0 Å². The van der Waals surface area contributed by atoms with Crippen LogP contribution in [0.4, 0.5) is 15.2 Å². The SMILES string of the molecule is CCN1C(=O)[C@@H](CC(=O)Nc2ccccc2F)SC1=Nc1nc2ccccc2s1. The number of thioether (sulfide) groups is 1. The molecule has 2 heterocycles. The predicted octanol–water partition coefficient (Wildman–Crippen LogP) is 4.42. The summed E-state index contributed by atoms with van der Waals surface area (Å²) in [6, 6.07) is 13.7. The summed E-state index contributed by atoms with van der Waals surface area (Å²) >= 11 is 2.68. The van der Waals surface area contributed by atoms with Crippen LogP contribution in [0.2, 0.25) is 0 Å². The van der Waals surface area contributed by atoms with Crippen molar-refractivity contribution in [3.63, 3.8) is 0 Å². The number of nitrogens with zero attached hydrogens (tertiary/aromatic N) is 3. The van der Waals surface area contributed by atoms with E-state index in [0.717, 1.165) is 10.2 Å². The summed E-state index contributed by atoms with van der Waals surface area (Å²) in [4.78, 5) is 35.6. The van der Waals surface area contributed by atoms with Gasteiger partial charge in [0.2, 0.25) is 16.9 Å². The number of anilines is 1. The average Bonchev–Trinajstić information content (AvgIpc) is 3.24. The second-order valence-electron chi connectivity index (χ2n) is 6.28. The van der Waals surface area contributed by atoms with Crippen LogP contribution >= 0.6 is 23.1 Å². The highest BCUT2D eigenvalue weighted by atomic mass is 32.2. The molecule has 0 spiro atoms. The molecule has 1 fully saturated rings. The number of carbonyl (C=O) groups is 2. The lowest BCUT2D eigenvalue weighted by Gasteiger charge is -2.13. The molecule has 2 aromatic carbocycles. The summed E-state index contributed by atoms with van der Waals surface area (Å²) < 4.78 is 14.7. The molecular weight excluding hydrogens is 411 g/mol. The maximum absolute atomic E-state index is 13.7. The first-order chi connectivity index (χ1) is 14.0. The van der Waals surface area contributed by atoms with Crippen molar-refractivity contribution in [2.45, 2.75) is 18.6 Å². The van der Waals surface area contributed by atoms with Crippen molar-refractivity contribution >= 4 is 61.1 Å². The Morgan fingerprint density at radius 2 is 2.00 bits per heavy atom. The molecule has 0 unspecified atom stereocenters. The van der Waals surface area contributed by atoms with Crippen molar-refractivity contribution in [2.75, 3.05) is 11.9 Å². The van der Waals surface area contributed by atoms with Crippen molar-refractivity contribution in [3.05, 3.63) is 54.3 Å². The van der Waals surface area contributed by atoms with E-state index in [2.05, 4.69) is 15.3 Å². The molecule has 1 saturated heterocycles. The average molecular weight is 429 g/mol. The first-order valence-electron chi connectivity index (χ1n) is 9.02. The largest absolute Gasteiger partial charge is 0.324 e. The van der Waals surface area contributed by atoms with Crippen molar-refractivity contribution in [3.8, 4) is 0 Å². The Morgan fingerprint density at radius 3 is 2.76 bits per heavy atom. The highest BCUT2D eigenvalue weighted by Gasteiger charge is 2.38. The number of halogens is 1. The van der Waals surface area contributed by atoms with Gasteiger partial charge < -0.3 is 5.32 Å². The lowest BCUT2D eigenvalue weighted by molar-refractivity contribution is -0.128. The minimum absolute atomic E-state index is 0.0623. The Bertz CT molecular complexity index is 1080. The Hall–Kier alpha value is -2.78. The van der Waals surface area contributed by atoms with E-state index in [1.54, 1.807) is 17.0 Å². The number of aliphatic imine (C=N–C) groups is 1. The molecule has 3 aromatic rings. The first-order valence-corrected chi connectivity index (χ1v) is 10.7. The number of thiazole rings is 1. The van der Waals surface area contributed by atoms with Gasteiger partial charge in [0.15, 0.2) is 5.17 Å². The van der Waals surface area contributed by atoms with Crippen LogP contribution in [0.5, 0.6) is 0 Å². The van der Waals surface area contributed by atoms with Gasteiger partial charge in [-0.1, -0.05) is 47.4 Å². The van der Waals surface area contributed by atoms with E-state index in [1.807, 2.05) is 31.2 Å². The van der Waals surface area contributed by atoms with Gasteiger partial charge in [0.1, 0.15) is 11.1 Å². The minimum Gasteiger partial charge on any atom is -0.324 e. The van der Waals surface area contributed by atoms with Crippen LogP contribution < -0.4 is 5.32 Å². The fourth-order valence-corrected chi connectivity index (χ4v) is 5.04. The highest BCUT2D eigenvalue weighted by Crippen LogP contribution is 2.34. The molecule has 1 atom stereocenters. The summed E-state index contributed by atoms with van der Waals surface area (Å²) in [5, 5.41) is 3.02. The van der Waals surface area contributed by atoms with Gasteiger partial charge in [-0.05, 0) is 31.2 Å². The molecule has 0 radical (unpaired) electrons. The van der Waals surface area contributed by atoms with E-state index < -0.39 is 17.0 Å². The van der Waals surface area contributed by atoms with Gasteiger partial charge >= 0.3 is 0 Å². The predicted molar refractivity (Wildman–Crippen MR) is 115 cm³/mol. The number of nitrogens with one attached hydrogen (secondary N) is 1. The number of benzene rings is 2. The molecule has 1 aliphatic heterocycles. The zero-order chi connectivity index (χ0) is 20.4. The van der Waals surface area contributed by atoms with Crippen LogP contribution in [0, 0.1) is 5.82 Å². The molecule has 148 valence electrons. The Morgan fingerprint density at radius 1 is 1.24 bits per heavy atom. The fourth-order valence-electron chi connectivity index (χ4n) is 2.94. The van der Waals surface area contributed by atoms with Crippen LogP contribution in [0.15, 0.2) is 53.5 Å². The lowest BCUT2D eigenvalue weighted by Crippen LogP contribution is -2.33. The number of hydrogen-bond acceptors (Lipinski definition) is 6. The van der Waals surface area contributed by atoms with Gasteiger partial charge in [-0.25, -0.2) is 9.37 Å². The van der Waals surface area contributed by atoms with Crippen molar-refractivity contribution in [1.82, 2.24) is 9.88 Å². The molecule has 0 aliphatic carbocycles. The van der Waals surface area contributed by atoms with Gasteiger partial charge in [0.05, 0.1) is 15.9 Å². The molecule has 0 bridgehead atoms. The number of carbonyl (C=O) groups excluding carboxylic acids is 2. The van der Waals surface area contributed by atoms with E-state index in [1.165, 1.54) is 35.2 Å². The van der Waals surface area contributed by atoms with Gasteiger partial charge in [-0.3, -0.25) is 14.5 Å². The van der Waals surface area contributed by atoms with Crippen molar-refractivity contribution < 1.29 is 14.0 Å². The highest BCUT2D eigenvalue weighted by molar-refractivity contribution is 8.15. The fraction of sp³-hybridized carbons (Fsp3) is 0.200. The number of para-hydroxylation sites is 2. The Labute approximate surface area is 174 Å². The molecule has 4 rings (SSSR count). The maximum Gasteiger partial charge on any atom is 0.242 e. The number of amides is 2. The number of fused-ring (bicyclic) bond motifs is 1. The van der Waals surface area contributed by atoms with Crippen LogP contribution in [0.3, 0.4) is 0 Å². The minimum atomic E-state index is -0.602. The van der Waals surface area contributed by atoms with Gasteiger partial charge in [0, 0.05) is 13.0 Å². The molecule has 1 aliphatic rings. The number of amidine groups is 1. The summed E-state index contributed by atoms with van der Waals surface area (Å²) in [6.45, 7) is 2.30. The monoisotopic (exact) mass is 428 g/mol. The van der Waals surface area contributed by atoms with E-state index in [9.17, 15) is 14.0 Å². The summed E-state index contributed by atoms with van der Waals surface area (Å²) in [7, 11) is 0. The molecular formula is C20H17FN4O2S2. The molecule has 1 aromatic heterocycles. The summed E-state index contributed by atoms with van der Waals surface area (Å²) in [6.07, 6.45) is -0.0623. The normalized spacial score (nSPS) is 18.0. The Kier molecular flexibility index (Phi) is 5.59. The Balaban J connectivity index is 1.50. The number of aromatic nitrogens is 1. The summed E-state index contributed by atoms with van der Waals surface area (Å²) in [5.41, 5.74) is 0.957. The molecule has 6 nitrogen and oxygen atoms in total. The van der Waals surface area contributed by atoms with Crippen molar-refractivity contribution in [1.29, 1.82) is 0 Å². The topological polar surface area (TPSA) is 74.7 Å². The molecule has 1 N–H and O–H groups in total. The van der Waals surface area contributed by atoms with Gasteiger partial charge in [-0.2, -0.15) is 4.99 Å². The lowest BCUT2D eigenvalue weighted by atomic mass is 10.2. The van der Waals surface area contributed by atoms with E-state index in [0.29, 0.717) is 16.8 Å². The first kappa shape index (κ1) is 19.5. The van der Waals surface area contributed by atoms with Crippen LogP contribution in [0.1, 0.15) is 13.3 Å². The second-order valence-corrected chi connectivity index (χ2v) is 8.46. The van der Waals surface area contributed by atoms with Crippen LogP contribution in [-0.2, 0) is 9.59 Å². The summed E-state index contributed by atoms with van der Waals surface area (Å²) in [5.74, 6) is -1.11. The smallest absolute Gasteiger partial charge is 0.242 e. The van der Waals surface area contributed by atoms with E-state index >= 15 is 0 Å². The number of hydrogen-bond donors (Lipinski definition) is 1. The van der Waals surface area contributed by atoms with Gasteiger partial charge in [-0.15, -0.1) is 0 Å². The third kappa shape index (κ3) is 4.15. The molecule has 9 heteroatoms. The zero-order valence-corrected chi connectivity index (χ0v) is 17.1. The molecule has 0 saturated carbocycles. The standard InChI is InChI=1S/C20H17FN4O2S2/c1-2-25-18(27)16(11-17(26)22-13-8-4-3-7-12(13)21)29-20(25)24-19-23-14-9-5-6-10-15(14)28-19/h3-10,16H,2,11H2,1H3,(H,22,26)/t16-/m1/s1. The molecule has 2 amide bonds. The van der Waals surface area contributed by atoms with Crippen LogP contribution in [-0.4, -0.2) is 38.7 Å². The third-order valence-electron chi connectivity index (χ3n) is 4.33. The van der Waals surface area contributed by atoms with E-state index in [4.69, 9.17) is 0 Å². The molecule has 29 heavy (non-hydrogen) atoms.